The van der Waals surface area contributed by atoms with Crippen molar-refractivity contribution in [1.29, 1.82) is 0 Å². The predicted octanol–water partition coefficient (Wildman–Crippen LogP) is 3.52. The summed E-state index contributed by atoms with van der Waals surface area (Å²) in [5.41, 5.74) is 9.77. The van der Waals surface area contributed by atoms with Gasteiger partial charge in [-0.2, -0.15) is 0 Å². The monoisotopic (exact) mass is 239 g/mol. The van der Waals surface area contributed by atoms with Crippen LogP contribution in [-0.4, -0.2) is 6.10 Å². The Bertz CT molecular complexity index is 550. The molecule has 1 heterocycles. The van der Waals surface area contributed by atoms with Crippen molar-refractivity contribution in [3.8, 4) is 16.9 Å². The molecule has 0 spiro atoms. The zero-order valence-electron chi connectivity index (χ0n) is 10.5. The van der Waals surface area contributed by atoms with Gasteiger partial charge >= 0.3 is 0 Å². The minimum Gasteiger partial charge on any atom is -0.488 e. The smallest absolute Gasteiger partial charge is 0.124 e. The zero-order chi connectivity index (χ0) is 12.5. The molecular weight excluding hydrogens is 222 g/mol. The molecule has 1 aliphatic heterocycles. The molecule has 0 aromatic heterocycles. The van der Waals surface area contributed by atoms with Crippen LogP contribution in [0.15, 0.2) is 48.5 Å². The second-order valence-corrected chi connectivity index (χ2v) is 4.71. The highest BCUT2D eigenvalue weighted by Gasteiger charge is 2.30. The summed E-state index contributed by atoms with van der Waals surface area (Å²) in [5.74, 6) is 0.939. The van der Waals surface area contributed by atoms with Crippen LogP contribution in [0, 0.1) is 0 Å². The van der Waals surface area contributed by atoms with Crippen LogP contribution in [0.4, 0.5) is 0 Å². The van der Waals surface area contributed by atoms with Crippen LogP contribution in [0.5, 0.6) is 5.75 Å². The van der Waals surface area contributed by atoms with Crippen molar-refractivity contribution in [3.05, 3.63) is 54.1 Å². The first-order valence-electron chi connectivity index (χ1n) is 6.41. The molecule has 3 rings (SSSR count). The topological polar surface area (TPSA) is 35.2 Å². The van der Waals surface area contributed by atoms with Gasteiger partial charge in [0.2, 0.25) is 0 Å². The summed E-state index contributed by atoms with van der Waals surface area (Å²) in [7, 11) is 0. The highest BCUT2D eigenvalue weighted by atomic mass is 16.5. The lowest BCUT2D eigenvalue weighted by Crippen LogP contribution is -2.24. The molecule has 2 nitrogen and oxygen atoms in total. The van der Waals surface area contributed by atoms with Crippen molar-refractivity contribution in [2.45, 2.75) is 25.5 Å². The van der Waals surface area contributed by atoms with Crippen LogP contribution in [0.25, 0.3) is 11.1 Å². The fourth-order valence-corrected chi connectivity index (χ4v) is 2.50. The number of benzene rings is 2. The van der Waals surface area contributed by atoms with Gasteiger partial charge in [0.1, 0.15) is 11.9 Å². The minimum atomic E-state index is -0.00587. The first-order chi connectivity index (χ1) is 8.79. The molecule has 2 heteroatoms. The van der Waals surface area contributed by atoms with Gasteiger partial charge in [-0.05, 0) is 29.7 Å². The number of ether oxygens (including phenoxy) is 1. The summed E-state index contributed by atoms with van der Waals surface area (Å²) in [6, 6.07) is 16.6. The highest BCUT2D eigenvalue weighted by Crippen LogP contribution is 2.38. The summed E-state index contributed by atoms with van der Waals surface area (Å²) in [5, 5.41) is 0. The predicted molar refractivity (Wildman–Crippen MR) is 73.5 cm³/mol. The van der Waals surface area contributed by atoms with E-state index in [0.717, 1.165) is 17.7 Å². The third-order valence-electron chi connectivity index (χ3n) is 3.56. The number of fused-ring (bicyclic) bond motifs is 1. The van der Waals surface area contributed by atoms with E-state index in [-0.39, 0.29) is 12.1 Å². The second-order valence-electron chi connectivity index (χ2n) is 4.71. The van der Waals surface area contributed by atoms with Gasteiger partial charge in [-0.15, -0.1) is 0 Å². The molecule has 18 heavy (non-hydrogen) atoms. The standard InChI is InChI=1S/C16H17NO/c1-2-14-16(17)13-10-12(8-9-15(13)18-14)11-6-4-3-5-7-11/h3-10,14,16H,2,17H2,1H3. The number of rotatable bonds is 2. The third-order valence-corrected chi connectivity index (χ3v) is 3.56. The van der Waals surface area contributed by atoms with E-state index < -0.39 is 0 Å². The molecule has 0 aliphatic carbocycles. The van der Waals surface area contributed by atoms with E-state index in [9.17, 15) is 0 Å². The van der Waals surface area contributed by atoms with Gasteiger partial charge in [0.05, 0.1) is 6.04 Å². The summed E-state index contributed by atoms with van der Waals surface area (Å²) in [6.07, 6.45) is 1.06. The van der Waals surface area contributed by atoms with Gasteiger partial charge in [0, 0.05) is 5.56 Å². The molecule has 0 saturated heterocycles. The Labute approximate surface area is 107 Å². The maximum Gasteiger partial charge on any atom is 0.124 e. The molecule has 2 aromatic rings. The zero-order valence-corrected chi connectivity index (χ0v) is 10.5. The maximum absolute atomic E-state index is 6.22. The summed E-state index contributed by atoms with van der Waals surface area (Å²) >= 11 is 0. The van der Waals surface area contributed by atoms with Crippen molar-refractivity contribution in [2.24, 2.45) is 5.73 Å². The third kappa shape index (κ3) is 1.79. The van der Waals surface area contributed by atoms with Gasteiger partial charge in [-0.1, -0.05) is 43.3 Å². The molecule has 2 unspecified atom stereocenters. The van der Waals surface area contributed by atoms with Crippen molar-refractivity contribution in [3.63, 3.8) is 0 Å². The Balaban J connectivity index is 2.01. The second kappa shape index (κ2) is 4.46. The van der Waals surface area contributed by atoms with Crippen molar-refractivity contribution in [1.82, 2.24) is 0 Å². The molecule has 0 fully saturated rings. The minimum absolute atomic E-state index is 0.00587. The molecule has 0 amide bonds. The van der Waals surface area contributed by atoms with Crippen LogP contribution in [-0.2, 0) is 0 Å². The lowest BCUT2D eigenvalue weighted by atomic mass is 9.98. The molecule has 2 aromatic carbocycles. The van der Waals surface area contributed by atoms with Crippen LogP contribution in [0.2, 0.25) is 0 Å². The number of hydrogen-bond acceptors (Lipinski definition) is 2. The molecule has 0 radical (unpaired) electrons. The first-order valence-corrected chi connectivity index (χ1v) is 6.41. The van der Waals surface area contributed by atoms with Crippen LogP contribution in [0.3, 0.4) is 0 Å². The van der Waals surface area contributed by atoms with E-state index in [0.29, 0.717) is 0 Å². The van der Waals surface area contributed by atoms with Crippen molar-refractivity contribution < 1.29 is 4.74 Å². The first kappa shape index (κ1) is 11.3. The Morgan fingerprint density at radius 1 is 1.06 bits per heavy atom. The van der Waals surface area contributed by atoms with E-state index >= 15 is 0 Å². The van der Waals surface area contributed by atoms with Gasteiger partial charge < -0.3 is 10.5 Å². The summed E-state index contributed by atoms with van der Waals surface area (Å²) < 4.78 is 5.83. The number of nitrogens with two attached hydrogens (primary N) is 1. The SMILES string of the molecule is CCC1Oc2ccc(-c3ccccc3)cc2C1N. The Morgan fingerprint density at radius 2 is 1.83 bits per heavy atom. The van der Waals surface area contributed by atoms with E-state index in [4.69, 9.17) is 10.5 Å². The van der Waals surface area contributed by atoms with Gasteiger partial charge in [-0.25, -0.2) is 0 Å². The van der Waals surface area contributed by atoms with E-state index in [1.54, 1.807) is 0 Å². The van der Waals surface area contributed by atoms with Crippen molar-refractivity contribution in [2.75, 3.05) is 0 Å². The van der Waals surface area contributed by atoms with Crippen LogP contribution >= 0.6 is 0 Å². The van der Waals surface area contributed by atoms with Crippen LogP contribution in [0.1, 0.15) is 24.9 Å². The largest absolute Gasteiger partial charge is 0.488 e. The highest BCUT2D eigenvalue weighted by molar-refractivity contribution is 5.66. The molecule has 92 valence electrons. The van der Waals surface area contributed by atoms with Crippen molar-refractivity contribution >= 4 is 0 Å². The molecule has 0 bridgehead atoms. The quantitative estimate of drug-likeness (QED) is 0.870. The Hall–Kier alpha value is -1.80. The maximum atomic E-state index is 6.22. The van der Waals surface area contributed by atoms with Gasteiger partial charge in [0.25, 0.3) is 0 Å². The normalized spacial score (nSPS) is 21.4. The van der Waals surface area contributed by atoms with E-state index in [2.05, 4.69) is 31.2 Å². The van der Waals surface area contributed by atoms with E-state index in [1.165, 1.54) is 11.1 Å². The summed E-state index contributed by atoms with van der Waals surface area (Å²) in [4.78, 5) is 0. The average molecular weight is 239 g/mol. The number of hydrogen-bond donors (Lipinski definition) is 1. The van der Waals surface area contributed by atoms with Gasteiger partial charge in [0.15, 0.2) is 0 Å². The Morgan fingerprint density at radius 3 is 2.56 bits per heavy atom. The lowest BCUT2D eigenvalue weighted by Gasteiger charge is -2.11. The molecule has 2 atom stereocenters. The fourth-order valence-electron chi connectivity index (χ4n) is 2.50. The van der Waals surface area contributed by atoms with Crippen LogP contribution < -0.4 is 10.5 Å². The molecule has 1 aliphatic rings. The van der Waals surface area contributed by atoms with Gasteiger partial charge in [-0.3, -0.25) is 0 Å². The molecule has 2 N–H and O–H groups in total. The fraction of sp³-hybridized carbons (Fsp3) is 0.250. The molecular formula is C16H17NO. The Kier molecular flexibility index (Phi) is 2.80. The van der Waals surface area contributed by atoms with E-state index in [1.807, 2.05) is 24.3 Å². The molecule has 0 saturated carbocycles. The lowest BCUT2D eigenvalue weighted by molar-refractivity contribution is 0.202. The summed E-state index contributed by atoms with van der Waals surface area (Å²) in [6.45, 7) is 2.11. The average Bonchev–Trinajstić information content (AvgIpc) is 2.76.